The summed E-state index contributed by atoms with van der Waals surface area (Å²) in [4.78, 5) is 24.8. The van der Waals surface area contributed by atoms with Crippen molar-refractivity contribution in [1.82, 2.24) is 9.55 Å². The van der Waals surface area contributed by atoms with E-state index in [1.54, 1.807) is 6.07 Å². The van der Waals surface area contributed by atoms with Gasteiger partial charge in [-0.15, -0.1) is 0 Å². The van der Waals surface area contributed by atoms with E-state index in [4.69, 9.17) is 20.2 Å². The summed E-state index contributed by atoms with van der Waals surface area (Å²) in [5, 5.41) is 36.2. The molecule has 0 amide bonds. The summed E-state index contributed by atoms with van der Waals surface area (Å²) >= 11 is 0. The van der Waals surface area contributed by atoms with Crippen molar-refractivity contribution in [2.45, 2.75) is 25.4 Å². The van der Waals surface area contributed by atoms with E-state index in [0.717, 1.165) is 10.6 Å². The van der Waals surface area contributed by atoms with E-state index in [-0.39, 0.29) is 5.69 Å². The maximum atomic E-state index is 11.7. The van der Waals surface area contributed by atoms with Crippen LogP contribution in [0.4, 0.5) is 0 Å². The van der Waals surface area contributed by atoms with Crippen LogP contribution >= 0.6 is 0 Å². The largest absolute Gasteiger partial charge is 0.394 e. The van der Waals surface area contributed by atoms with Gasteiger partial charge in [0, 0.05) is 6.07 Å². The first kappa shape index (κ1) is 16.1. The number of aliphatic hydroxyl groups excluding tert-OH is 3. The summed E-state index contributed by atoms with van der Waals surface area (Å²) in [6.45, 7) is 0.170. The summed E-state index contributed by atoms with van der Waals surface area (Å²) in [5.74, 6) is 0. The Morgan fingerprint density at radius 1 is 1.45 bits per heavy atom. The number of nitriles is 1. The van der Waals surface area contributed by atoms with E-state index in [1.807, 2.05) is 4.98 Å². The molecule has 0 saturated carbocycles. The van der Waals surface area contributed by atoms with Crippen molar-refractivity contribution >= 4 is 0 Å². The fraction of sp³-hybridized carbons (Fsp3) is 0.545. The molecule has 20 heavy (non-hydrogen) atoms. The summed E-state index contributed by atoms with van der Waals surface area (Å²) in [5.41, 5.74) is -1.79. The predicted molar refractivity (Wildman–Crippen MR) is 65.8 cm³/mol. The van der Waals surface area contributed by atoms with Crippen LogP contribution in [0.15, 0.2) is 15.7 Å². The number of aromatic amines is 1. The summed E-state index contributed by atoms with van der Waals surface area (Å²) < 4.78 is 6.10. The van der Waals surface area contributed by atoms with Gasteiger partial charge in [0.05, 0.1) is 13.2 Å². The number of nitrogens with one attached hydrogen (secondary N) is 1. The molecule has 0 aliphatic heterocycles. The van der Waals surface area contributed by atoms with Crippen LogP contribution in [0, 0.1) is 11.3 Å². The Bertz CT molecular complexity index is 601. The molecule has 1 aromatic heterocycles. The normalized spacial score (nSPS) is 15.3. The molecule has 1 rings (SSSR count). The van der Waals surface area contributed by atoms with Crippen LogP contribution in [-0.4, -0.2) is 50.3 Å². The van der Waals surface area contributed by atoms with Crippen molar-refractivity contribution in [3.63, 3.8) is 0 Å². The highest BCUT2D eigenvalue weighted by Gasteiger charge is 2.23. The number of H-pyrrole nitrogens is 1. The third kappa shape index (κ3) is 3.52. The molecule has 0 aliphatic carbocycles. The second-order valence-corrected chi connectivity index (χ2v) is 4.01. The molecule has 0 spiro atoms. The lowest BCUT2D eigenvalue weighted by Crippen LogP contribution is -2.40. The first-order chi connectivity index (χ1) is 9.44. The van der Waals surface area contributed by atoms with Crippen molar-refractivity contribution in [1.29, 1.82) is 5.26 Å². The van der Waals surface area contributed by atoms with Crippen molar-refractivity contribution in [3.05, 3.63) is 32.6 Å². The van der Waals surface area contributed by atoms with Crippen LogP contribution in [0.25, 0.3) is 0 Å². The van der Waals surface area contributed by atoms with Gasteiger partial charge in [-0.1, -0.05) is 0 Å². The molecule has 0 saturated heterocycles. The van der Waals surface area contributed by atoms with Gasteiger partial charge in [-0.25, -0.2) is 4.79 Å². The Kier molecular flexibility index (Phi) is 5.60. The van der Waals surface area contributed by atoms with Crippen LogP contribution in [0.1, 0.15) is 18.8 Å². The smallest absolute Gasteiger partial charge is 0.331 e. The number of ether oxygens (including phenoxy) is 1. The summed E-state index contributed by atoms with van der Waals surface area (Å²) in [6.07, 6.45) is -3.51. The quantitative estimate of drug-likeness (QED) is 0.457. The number of aromatic nitrogens is 2. The molecule has 9 nitrogen and oxygen atoms in total. The minimum Gasteiger partial charge on any atom is -0.394 e. The topological polar surface area (TPSA) is 149 Å². The monoisotopic (exact) mass is 285 g/mol. The number of aliphatic hydroxyl groups is 3. The molecule has 0 bridgehead atoms. The van der Waals surface area contributed by atoms with Gasteiger partial charge in [-0.3, -0.25) is 14.3 Å². The van der Waals surface area contributed by atoms with Gasteiger partial charge in [0.2, 0.25) is 0 Å². The Hall–Kier alpha value is -1.99. The van der Waals surface area contributed by atoms with Gasteiger partial charge in [0.1, 0.15) is 30.2 Å². The maximum absolute atomic E-state index is 11.7. The van der Waals surface area contributed by atoms with Gasteiger partial charge in [-0.2, -0.15) is 5.26 Å². The predicted octanol–water partition coefficient (Wildman–Crippen LogP) is -2.34. The highest BCUT2D eigenvalue weighted by Crippen LogP contribution is 2.12. The zero-order valence-electron chi connectivity index (χ0n) is 10.7. The highest BCUT2D eigenvalue weighted by molar-refractivity contribution is 5.19. The van der Waals surface area contributed by atoms with Gasteiger partial charge in [0.25, 0.3) is 5.56 Å². The first-order valence-corrected chi connectivity index (χ1v) is 5.75. The van der Waals surface area contributed by atoms with Crippen LogP contribution in [-0.2, 0) is 4.74 Å². The van der Waals surface area contributed by atoms with Crippen LogP contribution in [0.3, 0.4) is 0 Å². The van der Waals surface area contributed by atoms with Crippen molar-refractivity contribution < 1.29 is 20.1 Å². The molecule has 3 atom stereocenters. The molecule has 1 aromatic rings. The lowest BCUT2D eigenvalue weighted by molar-refractivity contribution is -0.127. The fourth-order valence-corrected chi connectivity index (χ4v) is 1.64. The molecule has 0 fully saturated rings. The maximum Gasteiger partial charge on any atom is 0.331 e. The van der Waals surface area contributed by atoms with Gasteiger partial charge >= 0.3 is 5.69 Å². The second kappa shape index (κ2) is 6.97. The Balaban J connectivity index is 3.10. The molecular formula is C11H15N3O6. The Labute approximate surface area is 113 Å². The van der Waals surface area contributed by atoms with Gasteiger partial charge in [-0.05, 0) is 6.92 Å². The number of hydrogen-bond donors (Lipinski definition) is 4. The third-order valence-electron chi connectivity index (χ3n) is 2.62. The van der Waals surface area contributed by atoms with E-state index < -0.39 is 42.9 Å². The molecule has 1 heterocycles. The fourth-order valence-electron chi connectivity index (χ4n) is 1.64. The first-order valence-electron chi connectivity index (χ1n) is 5.75. The molecule has 1 unspecified atom stereocenters. The van der Waals surface area contributed by atoms with Crippen LogP contribution < -0.4 is 11.2 Å². The Morgan fingerprint density at radius 3 is 2.60 bits per heavy atom. The van der Waals surface area contributed by atoms with E-state index >= 15 is 0 Å². The molecule has 9 heteroatoms. The SMILES string of the molecule is CC(O[C@H](CO)[C@H](O)CO)n1c(C#N)cc(=O)[nH]c1=O. The summed E-state index contributed by atoms with van der Waals surface area (Å²) in [6, 6.07) is 2.61. The van der Waals surface area contributed by atoms with E-state index in [9.17, 15) is 14.7 Å². The average molecular weight is 285 g/mol. The standard InChI is InChI=1S/C11H15N3O6/c1-6(20-9(5-16)8(17)4-15)14-7(3-12)2-10(18)13-11(14)19/h2,6,8-9,15-17H,4-5H2,1H3,(H,13,18,19)/t6?,8-,9-/m1/s1. The molecule has 0 aromatic carbocycles. The van der Waals surface area contributed by atoms with Crippen LogP contribution in [0.5, 0.6) is 0 Å². The van der Waals surface area contributed by atoms with E-state index in [2.05, 4.69) is 0 Å². The number of hydrogen-bond acceptors (Lipinski definition) is 7. The van der Waals surface area contributed by atoms with Gasteiger partial charge < -0.3 is 20.1 Å². The molecule has 0 radical (unpaired) electrons. The lowest BCUT2D eigenvalue weighted by atomic mass is 10.2. The highest BCUT2D eigenvalue weighted by atomic mass is 16.5. The van der Waals surface area contributed by atoms with Crippen molar-refractivity contribution in [2.75, 3.05) is 13.2 Å². The molecule has 4 N–H and O–H groups in total. The van der Waals surface area contributed by atoms with Crippen molar-refractivity contribution in [3.8, 4) is 6.07 Å². The second-order valence-electron chi connectivity index (χ2n) is 4.01. The minimum absolute atomic E-state index is 0.221. The van der Waals surface area contributed by atoms with E-state index in [1.165, 1.54) is 6.92 Å². The average Bonchev–Trinajstić information content (AvgIpc) is 2.42. The minimum atomic E-state index is -1.34. The number of nitrogens with zero attached hydrogens (tertiary/aromatic N) is 2. The summed E-state index contributed by atoms with van der Waals surface area (Å²) in [7, 11) is 0. The zero-order valence-corrected chi connectivity index (χ0v) is 10.7. The number of rotatable bonds is 6. The third-order valence-corrected chi connectivity index (χ3v) is 2.62. The van der Waals surface area contributed by atoms with Crippen molar-refractivity contribution in [2.24, 2.45) is 0 Å². The molecule has 110 valence electrons. The molecule has 0 aliphatic rings. The van der Waals surface area contributed by atoms with Crippen LogP contribution in [0.2, 0.25) is 0 Å². The zero-order chi connectivity index (χ0) is 15.3. The lowest BCUT2D eigenvalue weighted by Gasteiger charge is -2.25. The molecular weight excluding hydrogens is 270 g/mol. The Morgan fingerprint density at radius 2 is 2.10 bits per heavy atom. The van der Waals surface area contributed by atoms with E-state index in [0.29, 0.717) is 0 Å². The van der Waals surface area contributed by atoms with Gasteiger partial charge in [0.15, 0.2) is 0 Å².